The first kappa shape index (κ1) is 8.92. The van der Waals surface area contributed by atoms with Gasteiger partial charge in [0.15, 0.2) is 11.5 Å². The predicted molar refractivity (Wildman–Crippen MR) is 41.2 cm³/mol. The van der Waals surface area contributed by atoms with E-state index < -0.39 is 10.8 Å². The van der Waals surface area contributed by atoms with E-state index in [9.17, 15) is 9.59 Å². The highest BCUT2D eigenvalue weighted by molar-refractivity contribution is 9.09. The number of hydrogen-bond acceptors (Lipinski definition) is 4. The summed E-state index contributed by atoms with van der Waals surface area (Å²) < 4.78 is 4.57. The Morgan fingerprint density at radius 3 is 2.92 bits per heavy atom. The Kier molecular flexibility index (Phi) is 2.59. The van der Waals surface area contributed by atoms with Crippen LogP contribution in [0.2, 0.25) is 0 Å². The van der Waals surface area contributed by atoms with Crippen LogP contribution in [0.1, 0.15) is 21.1 Å². The summed E-state index contributed by atoms with van der Waals surface area (Å²) in [5, 5.41) is 11.6. The number of rotatable bonds is 3. The molecule has 0 aliphatic heterocycles. The number of carboxylic acids is 1. The van der Waals surface area contributed by atoms with Gasteiger partial charge in [0, 0.05) is 6.07 Å². The van der Waals surface area contributed by atoms with Crippen LogP contribution in [0.15, 0.2) is 10.6 Å². The lowest BCUT2D eigenvalue weighted by Crippen LogP contribution is -1.95. The third-order valence-corrected chi connectivity index (χ3v) is 1.81. The lowest BCUT2D eigenvalue weighted by molar-refractivity contribution is -0.107. The van der Waals surface area contributed by atoms with Crippen molar-refractivity contribution in [2.45, 2.75) is 4.83 Å². The molecule has 1 aromatic heterocycles. The second-order valence-electron chi connectivity index (χ2n) is 1.96. The van der Waals surface area contributed by atoms with Gasteiger partial charge in [0.1, 0.15) is 11.1 Å². The Labute approximate surface area is 75.5 Å². The fourth-order valence-corrected chi connectivity index (χ4v) is 0.803. The molecule has 12 heavy (non-hydrogen) atoms. The number of carbonyl (C=O) groups is 2. The molecule has 6 heteroatoms. The topological polar surface area (TPSA) is 80.4 Å². The minimum atomic E-state index is -1.18. The molecule has 1 heterocycles. The predicted octanol–water partition coefficient (Wildman–Crippen LogP) is 1.01. The molecule has 0 spiro atoms. The van der Waals surface area contributed by atoms with E-state index in [4.69, 9.17) is 5.11 Å². The number of nitrogens with zero attached hydrogens (tertiary/aromatic N) is 1. The molecule has 5 nitrogen and oxygen atoms in total. The summed E-state index contributed by atoms with van der Waals surface area (Å²) in [7, 11) is 0. The highest BCUT2D eigenvalue weighted by Gasteiger charge is 2.15. The number of halogens is 1. The number of aromatic carboxylic acids is 1. The molecule has 1 rings (SSSR count). The average Bonchev–Trinajstić information content (AvgIpc) is 2.51. The number of aromatic nitrogens is 1. The van der Waals surface area contributed by atoms with Crippen molar-refractivity contribution in [3.63, 3.8) is 0 Å². The molecule has 0 bridgehead atoms. The second-order valence-corrected chi connectivity index (χ2v) is 2.94. The summed E-state index contributed by atoms with van der Waals surface area (Å²) in [4.78, 5) is 19.9. The monoisotopic (exact) mass is 233 g/mol. The summed E-state index contributed by atoms with van der Waals surface area (Å²) >= 11 is 2.95. The van der Waals surface area contributed by atoms with Crippen molar-refractivity contribution in [1.29, 1.82) is 0 Å². The van der Waals surface area contributed by atoms with Crippen LogP contribution in [-0.2, 0) is 4.79 Å². The minimum absolute atomic E-state index is 0.183. The molecule has 0 saturated carbocycles. The Morgan fingerprint density at radius 1 is 1.83 bits per heavy atom. The molecule has 64 valence electrons. The molecule has 0 saturated heterocycles. The van der Waals surface area contributed by atoms with E-state index in [0.717, 1.165) is 0 Å². The average molecular weight is 234 g/mol. The zero-order valence-electron chi connectivity index (χ0n) is 5.73. The molecule has 0 fully saturated rings. The molecule has 1 atom stereocenters. The maximum absolute atomic E-state index is 10.3. The Hall–Kier alpha value is -1.17. The number of carbonyl (C=O) groups excluding carboxylic acids is 1. The van der Waals surface area contributed by atoms with Gasteiger partial charge in [0.2, 0.25) is 0 Å². The van der Waals surface area contributed by atoms with Gasteiger partial charge in [0.25, 0.3) is 0 Å². The summed E-state index contributed by atoms with van der Waals surface area (Å²) in [6, 6.07) is 1.19. The minimum Gasteiger partial charge on any atom is -0.476 e. The first-order chi connectivity index (χ1) is 5.65. The van der Waals surface area contributed by atoms with Crippen LogP contribution in [0.4, 0.5) is 0 Å². The Balaban J connectivity index is 2.91. The van der Waals surface area contributed by atoms with Crippen molar-refractivity contribution in [1.82, 2.24) is 5.16 Å². The first-order valence-electron chi connectivity index (χ1n) is 2.94. The van der Waals surface area contributed by atoms with Gasteiger partial charge in [-0.15, -0.1) is 0 Å². The number of carboxylic acid groups (broad SMARTS) is 1. The van der Waals surface area contributed by atoms with Gasteiger partial charge in [-0.05, 0) is 0 Å². The van der Waals surface area contributed by atoms with Gasteiger partial charge in [-0.3, -0.25) is 0 Å². The standard InChI is InChI=1S/C6H4BrNO4/c7-3(2-9)5-1-4(6(10)11)8-12-5/h1-3H,(H,10,11). The van der Waals surface area contributed by atoms with E-state index >= 15 is 0 Å². The molecule has 0 radical (unpaired) electrons. The van der Waals surface area contributed by atoms with Crippen molar-refractivity contribution < 1.29 is 19.2 Å². The van der Waals surface area contributed by atoms with Crippen molar-refractivity contribution in [2.24, 2.45) is 0 Å². The highest BCUT2D eigenvalue weighted by atomic mass is 79.9. The van der Waals surface area contributed by atoms with E-state index in [0.29, 0.717) is 6.29 Å². The molecule has 0 aliphatic carbocycles. The zero-order chi connectivity index (χ0) is 9.14. The third-order valence-electron chi connectivity index (χ3n) is 1.14. The lowest BCUT2D eigenvalue weighted by atomic mass is 10.3. The molecule has 1 aromatic rings. The molecule has 0 aromatic carbocycles. The van der Waals surface area contributed by atoms with Gasteiger partial charge >= 0.3 is 5.97 Å². The van der Waals surface area contributed by atoms with Gasteiger partial charge in [-0.1, -0.05) is 21.1 Å². The highest BCUT2D eigenvalue weighted by Crippen LogP contribution is 2.20. The molecular formula is C6H4BrNO4. The third kappa shape index (κ3) is 1.70. The maximum Gasteiger partial charge on any atom is 0.358 e. The van der Waals surface area contributed by atoms with E-state index in [1.807, 2.05) is 0 Å². The van der Waals surface area contributed by atoms with E-state index in [-0.39, 0.29) is 11.5 Å². The van der Waals surface area contributed by atoms with Crippen LogP contribution < -0.4 is 0 Å². The number of alkyl halides is 1. The molecule has 0 aliphatic rings. The van der Waals surface area contributed by atoms with Crippen molar-refractivity contribution in [3.05, 3.63) is 17.5 Å². The van der Waals surface area contributed by atoms with Crippen LogP contribution in [0.5, 0.6) is 0 Å². The summed E-state index contributed by atoms with van der Waals surface area (Å²) in [5.41, 5.74) is -0.212. The molecule has 0 amide bonds. The second kappa shape index (κ2) is 3.48. The normalized spacial score (nSPS) is 12.4. The van der Waals surface area contributed by atoms with Crippen molar-refractivity contribution >= 4 is 28.2 Å². The lowest BCUT2D eigenvalue weighted by Gasteiger charge is -1.89. The van der Waals surface area contributed by atoms with Crippen LogP contribution in [0, 0.1) is 0 Å². The fraction of sp³-hybridized carbons (Fsp3) is 0.167. The van der Waals surface area contributed by atoms with E-state index in [1.165, 1.54) is 6.07 Å². The molecule has 1 unspecified atom stereocenters. The van der Waals surface area contributed by atoms with Crippen LogP contribution in [-0.4, -0.2) is 22.5 Å². The van der Waals surface area contributed by atoms with Crippen molar-refractivity contribution in [3.8, 4) is 0 Å². The van der Waals surface area contributed by atoms with Crippen LogP contribution in [0.3, 0.4) is 0 Å². The fourth-order valence-electron chi connectivity index (χ4n) is 0.587. The van der Waals surface area contributed by atoms with E-state index in [1.54, 1.807) is 0 Å². The number of aldehydes is 1. The van der Waals surface area contributed by atoms with Crippen LogP contribution >= 0.6 is 15.9 Å². The Morgan fingerprint density at radius 2 is 2.50 bits per heavy atom. The first-order valence-corrected chi connectivity index (χ1v) is 3.86. The Bertz CT molecular complexity index is 308. The maximum atomic E-state index is 10.3. The summed E-state index contributed by atoms with van der Waals surface area (Å²) in [5.74, 6) is -1.00. The number of hydrogen-bond donors (Lipinski definition) is 1. The van der Waals surface area contributed by atoms with E-state index in [2.05, 4.69) is 25.6 Å². The van der Waals surface area contributed by atoms with Gasteiger partial charge in [-0.25, -0.2) is 4.79 Å². The van der Waals surface area contributed by atoms with Crippen molar-refractivity contribution in [2.75, 3.05) is 0 Å². The van der Waals surface area contributed by atoms with Crippen LogP contribution in [0.25, 0.3) is 0 Å². The summed E-state index contributed by atoms with van der Waals surface area (Å²) in [6.45, 7) is 0. The SMILES string of the molecule is O=CC(Br)c1cc(C(=O)O)no1. The smallest absolute Gasteiger partial charge is 0.358 e. The van der Waals surface area contributed by atoms with Gasteiger partial charge < -0.3 is 14.4 Å². The largest absolute Gasteiger partial charge is 0.476 e. The summed E-state index contributed by atoms with van der Waals surface area (Å²) in [6.07, 6.45) is 0.576. The zero-order valence-corrected chi connectivity index (χ0v) is 7.32. The van der Waals surface area contributed by atoms with Gasteiger partial charge in [0.05, 0.1) is 0 Å². The molecule has 1 N–H and O–H groups in total. The van der Waals surface area contributed by atoms with Gasteiger partial charge in [-0.2, -0.15) is 0 Å². The molecular weight excluding hydrogens is 230 g/mol. The quantitative estimate of drug-likeness (QED) is 0.623.